The molecule has 2 aromatic heterocycles. The second-order valence-corrected chi connectivity index (χ2v) is 7.12. The molecule has 0 atom stereocenters. The molecule has 0 aliphatic carbocycles. The van der Waals surface area contributed by atoms with Crippen LogP contribution in [0.3, 0.4) is 0 Å². The first-order valence-electron chi connectivity index (χ1n) is 11.9. The standard InChI is InChI=1S/C25H24N4.2C2H6/c1-3-5-18-6-8-19(9-7-18)20-10-12-21(13-11-20)24-16-25(27-4-2)22-17-29(26)15-14-23(22)28-24;2*1-2/h4,6-17H,2-3,5,26H2,1H3;2*1-2H3/p+1. The molecule has 2 heterocycles. The summed E-state index contributed by atoms with van der Waals surface area (Å²) in [6, 6.07) is 21.3. The minimum Gasteiger partial charge on any atom is -0.361 e. The predicted molar refractivity (Wildman–Crippen MR) is 143 cm³/mol. The molecule has 4 rings (SSSR count). The molecule has 0 amide bonds. The molecule has 0 bridgehead atoms. The van der Waals surface area contributed by atoms with Crippen molar-refractivity contribution in [3.63, 3.8) is 0 Å². The number of aromatic nitrogens is 2. The second kappa shape index (κ2) is 13.0. The van der Waals surface area contributed by atoms with E-state index in [9.17, 15) is 0 Å². The summed E-state index contributed by atoms with van der Waals surface area (Å²) in [5, 5.41) is 4.14. The van der Waals surface area contributed by atoms with Gasteiger partial charge in [0.15, 0.2) is 0 Å². The van der Waals surface area contributed by atoms with Gasteiger partial charge in [0.2, 0.25) is 12.4 Å². The van der Waals surface area contributed by atoms with Crippen LogP contribution in [0.5, 0.6) is 0 Å². The average Bonchev–Trinajstić information content (AvgIpc) is 2.88. The van der Waals surface area contributed by atoms with Gasteiger partial charge in [0, 0.05) is 11.6 Å². The maximum Gasteiger partial charge on any atom is 0.210 e. The van der Waals surface area contributed by atoms with Crippen LogP contribution in [0.1, 0.15) is 46.6 Å². The fourth-order valence-corrected chi connectivity index (χ4v) is 3.55. The van der Waals surface area contributed by atoms with Crippen molar-refractivity contribution in [3.05, 3.63) is 91.4 Å². The molecule has 0 aliphatic heterocycles. The molecule has 4 aromatic rings. The van der Waals surface area contributed by atoms with Gasteiger partial charge in [-0.15, -0.1) is 0 Å². The van der Waals surface area contributed by atoms with Gasteiger partial charge in [0.1, 0.15) is 0 Å². The van der Waals surface area contributed by atoms with Crippen LogP contribution in [-0.2, 0) is 6.42 Å². The summed E-state index contributed by atoms with van der Waals surface area (Å²) >= 11 is 0. The third-order valence-corrected chi connectivity index (χ3v) is 5.03. The van der Waals surface area contributed by atoms with E-state index in [-0.39, 0.29) is 0 Å². The fraction of sp³-hybridized carbons (Fsp3) is 0.241. The molecular formula is C29H37N4+. The Hall–Kier alpha value is -3.66. The molecular weight excluding hydrogens is 404 g/mol. The number of nitrogens with zero attached hydrogens (tertiary/aromatic N) is 2. The van der Waals surface area contributed by atoms with E-state index in [1.165, 1.54) is 27.8 Å². The van der Waals surface area contributed by atoms with Crippen LogP contribution < -0.4 is 15.8 Å². The lowest BCUT2D eigenvalue weighted by Gasteiger charge is -2.09. The largest absolute Gasteiger partial charge is 0.361 e. The second-order valence-electron chi connectivity index (χ2n) is 7.12. The molecule has 0 saturated carbocycles. The number of nitrogens with two attached hydrogens (primary N) is 1. The smallest absolute Gasteiger partial charge is 0.210 e. The number of aryl methyl sites for hydroxylation is 1. The third kappa shape index (κ3) is 6.42. The lowest BCUT2D eigenvalue weighted by atomic mass is 10.00. The van der Waals surface area contributed by atoms with Crippen molar-refractivity contribution in [1.82, 2.24) is 4.98 Å². The van der Waals surface area contributed by atoms with Crippen molar-refractivity contribution < 1.29 is 4.68 Å². The minimum atomic E-state index is 0.879. The van der Waals surface area contributed by atoms with Crippen LogP contribution in [0.2, 0.25) is 0 Å². The monoisotopic (exact) mass is 441 g/mol. The van der Waals surface area contributed by atoms with Gasteiger partial charge < -0.3 is 5.32 Å². The van der Waals surface area contributed by atoms with Crippen molar-refractivity contribution in [1.29, 1.82) is 0 Å². The molecule has 0 fully saturated rings. The summed E-state index contributed by atoms with van der Waals surface area (Å²) in [6.45, 7) is 14.0. The molecule has 0 unspecified atom stereocenters. The maximum atomic E-state index is 5.87. The summed E-state index contributed by atoms with van der Waals surface area (Å²) in [6.07, 6.45) is 7.60. The first-order valence-corrected chi connectivity index (χ1v) is 11.9. The van der Waals surface area contributed by atoms with Crippen molar-refractivity contribution in [3.8, 4) is 22.4 Å². The van der Waals surface area contributed by atoms with Crippen molar-refractivity contribution in [2.45, 2.75) is 47.5 Å². The van der Waals surface area contributed by atoms with E-state index in [0.717, 1.165) is 34.3 Å². The number of nitrogens with one attached hydrogen (secondary N) is 1. The number of hydrogen-bond acceptors (Lipinski definition) is 3. The Morgan fingerprint density at radius 1 is 0.909 bits per heavy atom. The van der Waals surface area contributed by atoms with E-state index in [1.54, 1.807) is 12.4 Å². The minimum absolute atomic E-state index is 0.879. The SMILES string of the molecule is C=CNc1cc(-c2ccc(-c3ccc(CCC)cc3)cc2)nc2cc[n+](N)cc12.CC.CC. The number of pyridine rings is 2. The van der Waals surface area contributed by atoms with Crippen molar-refractivity contribution >= 4 is 16.6 Å². The summed E-state index contributed by atoms with van der Waals surface area (Å²) in [5.74, 6) is 5.87. The van der Waals surface area contributed by atoms with Crippen LogP contribution in [0.25, 0.3) is 33.3 Å². The van der Waals surface area contributed by atoms with Gasteiger partial charge in [-0.05, 0) is 35.4 Å². The van der Waals surface area contributed by atoms with Crippen LogP contribution in [0, 0.1) is 0 Å². The zero-order valence-corrected chi connectivity index (χ0v) is 20.6. The summed E-state index contributed by atoms with van der Waals surface area (Å²) < 4.78 is 1.53. The van der Waals surface area contributed by atoms with Gasteiger partial charge in [-0.1, -0.05) is 101 Å². The van der Waals surface area contributed by atoms with Gasteiger partial charge in [-0.2, -0.15) is 0 Å². The van der Waals surface area contributed by atoms with Crippen LogP contribution in [-0.4, -0.2) is 4.98 Å². The lowest BCUT2D eigenvalue weighted by molar-refractivity contribution is -0.637. The topological polar surface area (TPSA) is 54.8 Å². The Labute approximate surface area is 198 Å². The highest BCUT2D eigenvalue weighted by molar-refractivity contribution is 5.93. The number of nitrogen functional groups attached to an aromatic ring is 1. The van der Waals surface area contributed by atoms with E-state index < -0.39 is 0 Å². The number of rotatable bonds is 6. The van der Waals surface area contributed by atoms with E-state index in [2.05, 4.69) is 67.4 Å². The Balaban J connectivity index is 0.000000914. The van der Waals surface area contributed by atoms with Crippen LogP contribution in [0.15, 0.2) is 85.8 Å². The highest BCUT2D eigenvalue weighted by Gasteiger charge is 2.11. The molecule has 0 saturated heterocycles. The van der Waals surface area contributed by atoms with E-state index in [1.807, 2.05) is 46.0 Å². The molecule has 0 aliphatic rings. The van der Waals surface area contributed by atoms with E-state index in [0.29, 0.717) is 0 Å². The number of anilines is 1. The van der Waals surface area contributed by atoms with Crippen molar-refractivity contribution in [2.75, 3.05) is 11.2 Å². The predicted octanol–water partition coefficient (Wildman–Crippen LogP) is 7.13. The highest BCUT2D eigenvalue weighted by Crippen LogP contribution is 2.29. The molecule has 4 nitrogen and oxygen atoms in total. The quantitative estimate of drug-likeness (QED) is 0.247. The Bertz CT molecular complexity index is 1150. The normalized spacial score (nSPS) is 9.85. The molecule has 0 spiro atoms. The Kier molecular flexibility index (Phi) is 10.1. The third-order valence-electron chi connectivity index (χ3n) is 5.03. The first kappa shape index (κ1) is 25.6. The average molecular weight is 442 g/mol. The molecule has 3 N–H and O–H groups in total. The zero-order chi connectivity index (χ0) is 24.2. The lowest BCUT2D eigenvalue weighted by Crippen LogP contribution is -2.43. The molecule has 2 aromatic carbocycles. The maximum absolute atomic E-state index is 5.87. The van der Waals surface area contributed by atoms with Crippen LogP contribution in [0.4, 0.5) is 5.69 Å². The van der Waals surface area contributed by atoms with Gasteiger partial charge in [-0.25, -0.2) is 10.8 Å². The first-order chi connectivity index (χ1) is 16.2. The zero-order valence-electron chi connectivity index (χ0n) is 20.6. The van der Waals surface area contributed by atoms with Crippen molar-refractivity contribution in [2.24, 2.45) is 0 Å². The summed E-state index contributed by atoms with van der Waals surface area (Å²) in [5.41, 5.74) is 7.58. The molecule has 172 valence electrons. The molecule has 0 radical (unpaired) electrons. The fourth-order valence-electron chi connectivity index (χ4n) is 3.55. The Morgan fingerprint density at radius 3 is 2.06 bits per heavy atom. The summed E-state index contributed by atoms with van der Waals surface area (Å²) in [7, 11) is 0. The number of hydrogen-bond donors (Lipinski definition) is 2. The molecule has 33 heavy (non-hydrogen) atoms. The number of fused-ring (bicyclic) bond motifs is 1. The summed E-state index contributed by atoms with van der Waals surface area (Å²) in [4.78, 5) is 4.82. The van der Waals surface area contributed by atoms with Gasteiger partial charge >= 0.3 is 0 Å². The number of benzene rings is 2. The Morgan fingerprint density at radius 2 is 1.48 bits per heavy atom. The van der Waals surface area contributed by atoms with Gasteiger partial charge in [0.05, 0.1) is 22.3 Å². The van der Waals surface area contributed by atoms with E-state index in [4.69, 9.17) is 10.8 Å². The van der Waals surface area contributed by atoms with Gasteiger partial charge in [-0.3, -0.25) is 0 Å². The highest BCUT2D eigenvalue weighted by atomic mass is 15.3. The van der Waals surface area contributed by atoms with Gasteiger partial charge in [0.25, 0.3) is 0 Å². The van der Waals surface area contributed by atoms with Crippen LogP contribution >= 0.6 is 0 Å². The molecule has 4 heteroatoms. The van der Waals surface area contributed by atoms with E-state index >= 15 is 0 Å².